The molecular formula is C22H30O. The molecule has 23 heavy (non-hydrogen) atoms. The van der Waals surface area contributed by atoms with Gasteiger partial charge in [-0.25, -0.2) is 0 Å². The van der Waals surface area contributed by atoms with Crippen LogP contribution in [0.4, 0.5) is 0 Å². The van der Waals surface area contributed by atoms with E-state index in [1.807, 2.05) is 24.3 Å². The summed E-state index contributed by atoms with van der Waals surface area (Å²) in [7, 11) is 0. The number of unbranched alkanes of at least 4 members (excludes halogenated alkanes) is 4. The van der Waals surface area contributed by atoms with Crippen molar-refractivity contribution in [2.45, 2.75) is 65.2 Å². The van der Waals surface area contributed by atoms with E-state index < -0.39 is 0 Å². The van der Waals surface area contributed by atoms with Crippen molar-refractivity contribution < 1.29 is 5.11 Å². The molecule has 2 aromatic carbocycles. The Morgan fingerprint density at radius 3 is 2.04 bits per heavy atom. The number of aryl methyl sites for hydroxylation is 1. The van der Waals surface area contributed by atoms with Crippen LogP contribution in [-0.2, 0) is 12.8 Å². The number of hydrogen-bond donors (Lipinski definition) is 1. The summed E-state index contributed by atoms with van der Waals surface area (Å²) in [5.41, 5.74) is 4.97. The molecule has 1 heteroatoms. The average molecular weight is 310 g/mol. The zero-order valence-corrected chi connectivity index (χ0v) is 14.6. The van der Waals surface area contributed by atoms with Gasteiger partial charge in [0.05, 0.1) is 0 Å². The highest BCUT2D eigenvalue weighted by molar-refractivity contribution is 5.75. The highest BCUT2D eigenvalue weighted by Gasteiger charge is 2.14. The minimum absolute atomic E-state index is 0.418. The zero-order valence-electron chi connectivity index (χ0n) is 14.6. The van der Waals surface area contributed by atoms with Gasteiger partial charge in [-0.2, -0.15) is 0 Å². The van der Waals surface area contributed by atoms with E-state index >= 15 is 0 Å². The standard InChI is InChI=1S/C22H30O/c1-3-5-8-12-18-16-17-21(23)22(19-13-10-7-11-14-19)20(18)15-9-6-4-2/h7,10-11,13-14,16-17,23H,3-6,8-9,12,15H2,1-2H3. The van der Waals surface area contributed by atoms with Gasteiger partial charge in [0.15, 0.2) is 0 Å². The van der Waals surface area contributed by atoms with Gasteiger partial charge >= 0.3 is 0 Å². The molecule has 0 fully saturated rings. The molecule has 0 aromatic heterocycles. The van der Waals surface area contributed by atoms with Crippen LogP contribution in [0.5, 0.6) is 5.75 Å². The molecule has 2 aromatic rings. The number of phenolic OH excluding ortho intramolecular Hbond substituents is 1. The topological polar surface area (TPSA) is 20.2 Å². The summed E-state index contributed by atoms with van der Waals surface area (Å²) in [5.74, 6) is 0.418. The van der Waals surface area contributed by atoms with Crippen LogP contribution in [0.3, 0.4) is 0 Å². The van der Waals surface area contributed by atoms with Gasteiger partial charge in [-0.05, 0) is 48.4 Å². The molecule has 0 radical (unpaired) electrons. The Morgan fingerprint density at radius 2 is 1.39 bits per heavy atom. The first kappa shape index (κ1) is 17.6. The molecule has 0 bridgehead atoms. The normalized spacial score (nSPS) is 10.9. The van der Waals surface area contributed by atoms with Crippen LogP contribution >= 0.6 is 0 Å². The third-order valence-electron chi connectivity index (χ3n) is 4.53. The first-order valence-corrected chi connectivity index (χ1v) is 9.17. The van der Waals surface area contributed by atoms with Gasteiger partial charge in [0.25, 0.3) is 0 Å². The first-order valence-electron chi connectivity index (χ1n) is 9.17. The molecular weight excluding hydrogens is 280 g/mol. The third kappa shape index (κ3) is 4.86. The van der Waals surface area contributed by atoms with E-state index in [1.165, 1.54) is 49.7 Å². The third-order valence-corrected chi connectivity index (χ3v) is 4.53. The summed E-state index contributed by atoms with van der Waals surface area (Å²) in [6.45, 7) is 4.48. The Kier molecular flexibility index (Phi) is 7.19. The summed E-state index contributed by atoms with van der Waals surface area (Å²) in [6, 6.07) is 14.4. The number of aromatic hydroxyl groups is 1. The zero-order chi connectivity index (χ0) is 16.5. The van der Waals surface area contributed by atoms with Crippen LogP contribution in [0.25, 0.3) is 11.1 Å². The van der Waals surface area contributed by atoms with Crippen molar-refractivity contribution in [2.24, 2.45) is 0 Å². The summed E-state index contributed by atoms with van der Waals surface area (Å²) in [6.07, 6.45) is 9.61. The van der Waals surface area contributed by atoms with E-state index in [2.05, 4.69) is 32.0 Å². The molecule has 0 atom stereocenters. The van der Waals surface area contributed by atoms with Crippen molar-refractivity contribution in [3.63, 3.8) is 0 Å². The highest BCUT2D eigenvalue weighted by Crippen LogP contribution is 2.36. The molecule has 0 aliphatic carbocycles. The lowest BCUT2D eigenvalue weighted by molar-refractivity contribution is 0.476. The smallest absolute Gasteiger partial charge is 0.123 e. The molecule has 0 saturated heterocycles. The first-order chi connectivity index (χ1) is 11.3. The fourth-order valence-electron chi connectivity index (χ4n) is 3.24. The Bertz CT molecular complexity index is 586. The fourth-order valence-corrected chi connectivity index (χ4v) is 3.24. The van der Waals surface area contributed by atoms with E-state index in [4.69, 9.17) is 0 Å². The molecule has 124 valence electrons. The molecule has 2 rings (SSSR count). The summed E-state index contributed by atoms with van der Waals surface area (Å²) < 4.78 is 0. The average Bonchev–Trinajstić information content (AvgIpc) is 2.58. The second kappa shape index (κ2) is 9.39. The van der Waals surface area contributed by atoms with E-state index in [-0.39, 0.29) is 0 Å². The molecule has 0 spiro atoms. The maximum atomic E-state index is 10.5. The number of benzene rings is 2. The highest BCUT2D eigenvalue weighted by atomic mass is 16.3. The Morgan fingerprint density at radius 1 is 0.739 bits per heavy atom. The summed E-state index contributed by atoms with van der Waals surface area (Å²) in [4.78, 5) is 0. The van der Waals surface area contributed by atoms with E-state index in [0.29, 0.717) is 5.75 Å². The van der Waals surface area contributed by atoms with E-state index in [1.54, 1.807) is 0 Å². The van der Waals surface area contributed by atoms with Gasteiger partial charge < -0.3 is 5.11 Å². The second-order valence-electron chi connectivity index (χ2n) is 6.38. The largest absolute Gasteiger partial charge is 0.507 e. The van der Waals surface area contributed by atoms with E-state index in [9.17, 15) is 5.11 Å². The summed E-state index contributed by atoms with van der Waals surface area (Å²) in [5, 5.41) is 10.5. The quantitative estimate of drug-likeness (QED) is 0.522. The van der Waals surface area contributed by atoms with Gasteiger partial charge in [-0.1, -0.05) is 75.9 Å². The van der Waals surface area contributed by atoms with Crippen molar-refractivity contribution in [2.75, 3.05) is 0 Å². The lowest BCUT2D eigenvalue weighted by Gasteiger charge is -2.17. The maximum Gasteiger partial charge on any atom is 0.123 e. The molecule has 1 N–H and O–H groups in total. The molecule has 0 unspecified atom stereocenters. The molecule has 0 amide bonds. The minimum atomic E-state index is 0.418. The summed E-state index contributed by atoms with van der Waals surface area (Å²) >= 11 is 0. The predicted octanol–water partition coefficient (Wildman–Crippen LogP) is 6.52. The Hall–Kier alpha value is -1.76. The van der Waals surface area contributed by atoms with Crippen LogP contribution in [-0.4, -0.2) is 5.11 Å². The lowest BCUT2D eigenvalue weighted by Crippen LogP contribution is -1.99. The van der Waals surface area contributed by atoms with Gasteiger partial charge in [0.2, 0.25) is 0 Å². The molecule has 0 saturated carbocycles. The Balaban J connectivity index is 2.38. The molecule has 1 nitrogen and oxygen atoms in total. The second-order valence-corrected chi connectivity index (χ2v) is 6.38. The van der Waals surface area contributed by atoms with Crippen LogP contribution < -0.4 is 0 Å². The van der Waals surface area contributed by atoms with Gasteiger partial charge in [-0.3, -0.25) is 0 Å². The predicted molar refractivity (Wildman–Crippen MR) is 100 cm³/mol. The van der Waals surface area contributed by atoms with Gasteiger partial charge in [0.1, 0.15) is 5.75 Å². The van der Waals surface area contributed by atoms with Crippen LogP contribution in [0.2, 0.25) is 0 Å². The van der Waals surface area contributed by atoms with Crippen LogP contribution in [0, 0.1) is 0 Å². The monoisotopic (exact) mass is 310 g/mol. The van der Waals surface area contributed by atoms with E-state index in [0.717, 1.165) is 24.0 Å². The van der Waals surface area contributed by atoms with Gasteiger partial charge in [-0.15, -0.1) is 0 Å². The number of phenols is 1. The number of hydrogen-bond acceptors (Lipinski definition) is 1. The van der Waals surface area contributed by atoms with Gasteiger partial charge in [0, 0.05) is 5.56 Å². The maximum absolute atomic E-state index is 10.5. The van der Waals surface area contributed by atoms with Crippen molar-refractivity contribution in [3.8, 4) is 16.9 Å². The van der Waals surface area contributed by atoms with Crippen LogP contribution in [0.15, 0.2) is 42.5 Å². The minimum Gasteiger partial charge on any atom is -0.507 e. The van der Waals surface area contributed by atoms with Crippen molar-refractivity contribution >= 4 is 0 Å². The number of rotatable bonds is 9. The van der Waals surface area contributed by atoms with Crippen LogP contribution in [0.1, 0.15) is 63.5 Å². The SMILES string of the molecule is CCCCCc1ccc(O)c(-c2ccccc2)c1CCCCC. The molecule has 0 heterocycles. The molecule has 0 aliphatic heterocycles. The van der Waals surface area contributed by atoms with Crippen molar-refractivity contribution in [3.05, 3.63) is 53.6 Å². The Labute approximate surface area is 141 Å². The van der Waals surface area contributed by atoms with Crippen molar-refractivity contribution in [1.29, 1.82) is 0 Å². The fraction of sp³-hybridized carbons (Fsp3) is 0.455. The molecule has 0 aliphatic rings. The van der Waals surface area contributed by atoms with Crippen molar-refractivity contribution in [1.82, 2.24) is 0 Å². The lowest BCUT2D eigenvalue weighted by atomic mass is 9.89.